The molecule has 0 bridgehead atoms. The Morgan fingerprint density at radius 1 is 0.875 bits per heavy atom. The number of aromatic amines is 1. The molecule has 0 saturated heterocycles. The van der Waals surface area contributed by atoms with Gasteiger partial charge in [-0.25, -0.2) is 0 Å². The molecule has 0 unspecified atom stereocenters. The van der Waals surface area contributed by atoms with E-state index in [9.17, 15) is 9.59 Å². The minimum atomic E-state index is -0.220. The second-order valence-corrected chi connectivity index (χ2v) is 9.73. The maximum atomic E-state index is 13.3. The van der Waals surface area contributed by atoms with E-state index in [1.807, 2.05) is 84.9 Å². The third-order valence-corrected chi connectivity index (χ3v) is 6.92. The van der Waals surface area contributed by atoms with Crippen molar-refractivity contribution in [3.63, 3.8) is 0 Å². The zero-order valence-corrected chi connectivity index (χ0v) is 22.5. The predicted molar refractivity (Wildman–Crippen MR) is 156 cm³/mol. The number of rotatable bonds is 11. The smallest absolute Gasteiger partial charge is 0.251 e. The van der Waals surface area contributed by atoms with Crippen LogP contribution in [0.1, 0.15) is 46.9 Å². The molecule has 5 aromatic rings. The minimum Gasteiger partial charge on any atom is -0.352 e. The van der Waals surface area contributed by atoms with Crippen LogP contribution < -0.4 is 10.9 Å². The molecular formula is C32H32N6O2. The van der Waals surface area contributed by atoms with Crippen molar-refractivity contribution in [1.29, 1.82) is 0 Å². The van der Waals surface area contributed by atoms with Crippen molar-refractivity contribution in [2.45, 2.75) is 39.2 Å². The van der Waals surface area contributed by atoms with Gasteiger partial charge in [0.1, 0.15) is 0 Å². The van der Waals surface area contributed by atoms with Crippen LogP contribution in [0.3, 0.4) is 0 Å². The largest absolute Gasteiger partial charge is 0.352 e. The third-order valence-electron chi connectivity index (χ3n) is 6.92. The number of tetrazole rings is 1. The summed E-state index contributed by atoms with van der Waals surface area (Å²) in [4.78, 5) is 26.1. The maximum absolute atomic E-state index is 13.3. The first-order valence-corrected chi connectivity index (χ1v) is 13.6. The van der Waals surface area contributed by atoms with Gasteiger partial charge in [0, 0.05) is 29.4 Å². The number of carbonyl (C=O) groups excluding carboxylic acids is 1. The van der Waals surface area contributed by atoms with Crippen molar-refractivity contribution in [1.82, 2.24) is 30.5 Å². The van der Waals surface area contributed by atoms with Gasteiger partial charge in [-0.3, -0.25) is 9.59 Å². The average molecular weight is 533 g/mol. The first kappa shape index (κ1) is 26.7. The monoisotopic (exact) mass is 532 g/mol. The molecule has 0 fully saturated rings. The number of hydrogen-bond donors (Lipinski definition) is 2. The molecule has 3 aromatic carbocycles. The average Bonchev–Trinajstić information content (AvgIpc) is 3.53. The molecule has 1 amide bonds. The van der Waals surface area contributed by atoms with E-state index >= 15 is 0 Å². The molecular weight excluding hydrogens is 500 g/mol. The normalized spacial score (nSPS) is 10.9. The predicted octanol–water partition coefficient (Wildman–Crippen LogP) is 5.06. The van der Waals surface area contributed by atoms with Crippen LogP contribution in [-0.4, -0.2) is 37.6 Å². The van der Waals surface area contributed by atoms with Gasteiger partial charge in [-0.15, -0.1) is 10.2 Å². The van der Waals surface area contributed by atoms with Crippen molar-refractivity contribution in [3.05, 3.63) is 124 Å². The van der Waals surface area contributed by atoms with Crippen LogP contribution in [0.5, 0.6) is 0 Å². The molecule has 0 saturated carbocycles. The van der Waals surface area contributed by atoms with Gasteiger partial charge in [0.15, 0.2) is 0 Å². The quantitative estimate of drug-likeness (QED) is 0.247. The van der Waals surface area contributed by atoms with Crippen LogP contribution in [0.2, 0.25) is 0 Å². The Balaban J connectivity index is 1.34. The molecule has 0 aliphatic rings. The van der Waals surface area contributed by atoms with Crippen molar-refractivity contribution in [2.75, 3.05) is 6.54 Å². The molecule has 0 aliphatic heterocycles. The number of nitrogens with zero attached hydrogens (tertiary/aromatic N) is 4. The second-order valence-electron chi connectivity index (χ2n) is 9.73. The van der Waals surface area contributed by atoms with Gasteiger partial charge >= 0.3 is 0 Å². The van der Waals surface area contributed by atoms with E-state index < -0.39 is 0 Å². The Hall–Kier alpha value is -4.85. The maximum Gasteiger partial charge on any atom is 0.251 e. The molecule has 8 nitrogen and oxygen atoms in total. The highest BCUT2D eigenvalue weighted by molar-refractivity contribution is 5.94. The molecule has 0 radical (unpaired) electrons. The highest BCUT2D eigenvalue weighted by Crippen LogP contribution is 2.29. The number of amides is 1. The first-order valence-electron chi connectivity index (χ1n) is 13.6. The lowest BCUT2D eigenvalue weighted by molar-refractivity contribution is 0.0953. The number of aryl methyl sites for hydroxylation is 1. The third kappa shape index (κ3) is 6.40. The molecule has 0 atom stereocenters. The fourth-order valence-corrected chi connectivity index (χ4v) is 4.77. The second kappa shape index (κ2) is 12.8. The summed E-state index contributed by atoms with van der Waals surface area (Å²) >= 11 is 0. The molecule has 40 heavy (non-hydrogen) atoms. The van der Waals surface area contributed by atoms with E-state index in [1.54, 1.807) is 4.57 Å². The number of aromatic nitrogens is 5. The van der Waals surface area contributed by atoms with Crippen LogP contribution in [0.15, 0.2) is 95.8 Å². The van der Waals surface area contributed by atoms with Crippen molar-refractivity contribution in [2.24, 2.45) is 0 Å². The van der Waals surface area contributed by atoms with Crippen LogP contribution in [0.25, 0.3) is 22.5 Å². The summed E-state index contributed by atoms with van der Waals surface area (Å²) in [6, 6.07) is 29.4. The van der Waals surface area contributed by atoms with E-state index in [1.165, 1.54) is 6.07 Å². The van der Waals surface area contributed by atoms with E-state index in [4.69, 9.17) is 0 Å². The van der Waals surface area contributed by atoms with Crippen LogP contribution in [0.4, 0.5) is 0 Å². The molecule has 202 valence electrons. The lowest BCUT2D eigenvalue weighted by atomic mass is 9.98. The van der Waals surface area contributed by atoms with Gasteiger partial charge in [-0.1, -0.05) is 92.2 Å². The zero-order valence-electron chi connectivity index (χ0n) is 22.5. The summed E-state index contributed by atoms with van der Waals surface area (Å²) in [6.45, 7) is 3.06. The molecule has 0 aliphatic carbocycles. The Morgan fingerprint density at radius 2 is 1.62 bits per heavy atom. The number of benzene rings is 3. The number of pyridine rings is 1. The van der Waals surface area contributed by atoms with Gasteiger partial charge in [-0.2, -0.15) is 5.21 Å². The summed E-state index contributed by atoms with van der Waals surface area (Å²) in [7, 11) is 0. The number of hydrogen-bond acceptors (Lipinski definition) is 5. The van der Waals surface area contributed by atoms with Crippen LogP contribution in [0, 0.1) is 0 Å². The topological polar surface area (TPSA) is 106 Å². The van der Waals surface area contributed by atoms with Gasteiger partial charge < -0.3 is 9.88 Å². The van der Waals surface area contributed by atoms with Gasteiger partial charge in [0.25, 0.3) is 11.5 Å². The number of nitrogens with one attached hydrogen (secondary N) is 2. The summed E-state index contributed by atoms with van der Waals surface area (Å²) in [5.74, 6) is 0.318. The highest BCUT2D eigenvalue weighted by Gasteiger charge is 2.14. The molecule has 2 N–H and O–H groups in total. The number of unbranched alkanes of at least 4 members (excludes halogenated alkanes) is 1. The zero-order chi connectivity index (χ0) is 27.7. The standard InChI is InChI=1S/C32H32N6O2/c1-2-3-11-27-20-26(32(40)33-19-18-23-9-5-4-6-10-23)21-30(39)38(27)22-24-14-16-25(17-15-24)28-12-7-8-13-29(28)31-34-36-37-35-31/h4-10,12-17,20-21H,2-3,11,18-19,22H2,1H3,(H,33,40)(H,34,35,36,37). The number of H-pyrrole nitrogens is 1. The van der Waals surface area contributed by atoms with E-state index in [2.05, 4.69) is 32.9 Å². The van der Waals surface area contributed by atoms with Crippen molar-refractivity contribution >= 4 is 5.91 Å². The molecule has 8 heteroatoms. The van der Waals surface area contributed by atoms with E-state index in [-0.39, 0.29) is 11.5 Å². The van der Waals surface area contributed by atoms with Gasteiger partial charge in [0.05, 0.1) is 6.54 Å². The molecule has 2 aromatic heterocycles. The summed E-state index contributed by atoms with van der Waals surface area (Å²) in [6.07, 6.45) is 3.40. The lowest BCUT2D eigenvalue weighted by Crippen LogP contribution is -2.30. The Labute approximate surface area is 233 Å². The summed E-state index contributed by atoms with van der Waals surface area (Å²) in [5.41, 5.74) is 6.17. The Kier molecular flexibility index (Phi) is 8.56. The summed E-state index contributed by atoms with van der Waals surface area (Å²) in [5, 5.41) is 17.4. The van der Waals surface area contributed by atoms with Crippen molar-refractivity contribution in [3.8, 4) is 22.5 Å². The fourth-order valence-electron chi connectivity index (χ4n) is 4.77. The first-order chi connectivity index (χ1) is 19.6. The summed E-state index contributed by atoms with van der Waals surface area (Å²) < 4.78 is 1.78. The number of carbonyl (C=O) groups is 1. The highest BCUT2D eigenvalue weighted by atomic mass is 16.2. The molecule has 0 spiro atoms. The van der Waals surface area contributed by atoms with Gasteiger partial charge in [0.2, 0.25) is 5.82 Å². The lowest BCUT2D eigenvalue weighted by Gasteiger charge is -2.15. The SMILES string of the molecule is CCCCc1cc(C(=O)NCCc2ccccc2)cc(=O)n1Cc1ccc(-c2ccccc2-c2nn[nH]n2)cc1. The van der Waals surface area contributed by atoms with Gasteiger partial charge in [-0.05, 0) is 52.8 Å². The fraction of sp³-hybridized carbons (Fsp3) is 0.219. The Morgan fingerprint density at radius 3 is 2.35 bits per heavy atom. The van der Waals surface area contributed by atoms with Crippen LogP contribution in [-0.2, 0) is 19.4 Å². The van der Waals surface area contributed by atoms with E-state index in [0.29, 0.717) is 24.5 Å². The Bertz CT molecular complexity index is 1610. The van der Waals surface area contributed by atoms with E-state index in [0.717, 1.165) is 59.2 Å². The molecule has 2 heterocycles. The molecule has 5 rings (SSSR count). The van der Waals surface area contributed by atoms with Crippen molar-refractivity contribution < 1.29 is 4.79 Å². The minimum absolute atomic E-state index is 0.173. The van der Waals surface area contributed by atoms with Crippen LogP contribution >= 0.6 is 0 Å².